The summed E-state index contributed by atoms with van der Waals surface area (Å²) in [6, 6.07) is -5.46. The van der Waals surface area contributed by atoms with Gasteiger partial charge in [-0.3, -0.25) is 23.5 Å². The first-order valence-electron chi connectivity index (χ1n) is 23.5. The van der Waals surface area contributed by atoms with Crippen molar-refractivity contribution in [3.05, 3.63) is 0 Å². The molecule has 0 radical (unpaired) electrons. The number of aliphatic hydroxyl groups excluding tert-OH is 13. The van der Waals surface area contributed by atoms with Crippen LogP contribution >= 0.6 is 0 Å². The first kappa shape index (κ1) is 66.5. The molecule has 5 aliphatic rings. The zero-order valence-electron chi connectivity index (χ0n) is 41.4. The van der Waals surface area contributed by atoms with Gasteiger partial charge in [-0.25, -0.2) is 13.2 Å². The van der Waals surface area contributed by atoms with Gasteiger partial charge in [0.2, 0.25) is 17.7 Å². The van der Waals surface area contributed by atoms with E-state index in [0.717, 1.165) is 20.8 Å². The number of rotatable bonds is 23. The number of carboxylic acid groups (broad SMARTS) is 1. The van der Waals surface area contributed by atoms with E-state index in [-0.39, 0.29) is 0 Å². The molecule has 1 unspecified atom stereocenters. The highest BCUT2D eigenvalue weighted by Crippen LogP contribution is 2.39. The molecular formula is C39H65N3O35S2. The summed E-state index contributed by atoms with van der Waals surface area (Å²) in [6.45, 7) is -3.12. The normalized spacial score (nSPS) is 42.1. The van der Waals surface area contributed by atoms with Gasteiger partial charge in [0.15, 0.2) is 25.2 Å². The third kappa shape index (κ3) is 16.5. The molecule has 0 bridgehead atoms. The molecule has 5 saturated heterocycles. The van der Waals surface area contributed by atoms with Crippen molar-refractivity contribution in [3.8, 4) is 0 Å². The van der Waals surface area contributed by atoms with Crippen molar-refractivity contribution in [2.75, 3.05) is 33.0 Å². The van der Waals surface area contributed by atoms with Crippen LogP contribution in [0.3, 0.4) is 0 Å². The molecule has 0 spiro atoms. The standard InChI is InChI=1S/C39H65N3O35S2/c1-10(45)40-19-13(48)4-39(38(59)60,76-32(19)22(50)14(49)5-43)77-33-24(52)15(6-44)71-37(29(33)57)75-31-21(42-12(3)47)34(58)70-16(25(31)53)7-67-35-20(41-11(2)46)26(54)30(18(73-35)9-69-79(64,65)66)74-36-28(56)27(55)23(51)17(72-36)8-68-78(61,62)63/h13-37,43-44,48-58H,4-9H2,1-3H3,(H,40,45)(H,41,46)(H,42,47)(H,59,60)(H,61,62,63)(H,64,65,66)/t13-,14+,15+,16+,17+,18+,19+,20+,21+,22+,23-,24-,25-,26+,27-,28+,29+,30+,31+,32+,33-,34?,35+,36-,37-,39-/m0/s1. The molecule has 5 heterocycles. The first-order valence-corrected chi connectivity index (χ1v) is 26.3. The minimum atomic E-state index is -5.37. The highest BCUT2D eigenvalue weighted by atomic mass is 32.3. The first-order chi connectivity index (χ1) is 36.6. The maximum atomic E-state index is 13.0. The van der Waals surface area contributed by atoms with E-state index in [2.05, 4.69) is 24.3 Å². The Kier molecular flexibility index (Phi) is 23.1. The van der Waals surface area contributed by atoms with Gasteiger partial charge in [0.1, 0.15) is 116 Å². The highest BCUT2D eigenvalue weighted by molar-refractivity contribution is 7.81. The van der Waals surface area contributed by atoms with Crippen molar-refractivity contribution in [1.82, 2.24) is 16.0 Å². The second-order valence-corrected chi connectivity index (χ2v) is 20.9. The van der Waals surface area contributed by atoms with Crippen LogP contribution in [0.25, 0.3) is 0 Å². The fourth-order valence-corrected chi connectivity index (χ4v) is 9.73. The maximum absolute atomic E-state index is 13.0. The van der Waals surface area contributed by atoms with Crippen LogP contribution in [-0.4, -0.2) is 313 Å². The molecule has 5 rings (SSSR count). The van der Waals surface area contributed by atoms with Crippen molar-refractivity contribution in [2.24, 2.45) is 0 Å². The lowest BCUT2D eigenvalue weighted by Gasteiger charge is -2.51. The smallest absolute Gasteiger partial charge is 0.397 e. The largest absolute Gasteiger partial charge is 0.477 e. The van der Waals surface area contributed by atoms with Gasteiger partial charge in [-0.05, 0) is 0 Å². The van der Waals surface area contributed by atoms with E-state index in [9.17, 15) is 112 Å². The van der Waals surface area contributed by atoms with E-state index < -0.39 is 243 Å². The number of hydrogen-bond acceptors (Lipinski definition) is 32. The number of carbonyl (C=O) groups excluding carboxylic acids is 3. The van der Waals surface area contributed by atoms with Crippen LogP contribution in [0.15, 0.2) is 0 Å². The molecular weight excluding hydrogens is 1130 g/mol. The molecule has 0 aliphatic carbocycles. The summed E-state index contributed by atoms with van der Waals surface area (Å²) in [5, 5.41) is 159. The summed E-state index contributed by atoms with van der Waals surface area (Å²) < 4.78 is 124. The Hall–Kier alpha value is -3.26. The van der Waals surface area contributed by atoms with Gasteiger partial charge in [-0.15, -0.1) is 0 Å². The molecule has 26 atom stereocenters. The Morgan fingerprint density at radius 1 is 0.582 bits per heavy atom. The quantitative estimate of drug-likeness (QED) is 0.0423. The Morgan fingerprint density at radius 3 is 1.62 bits per heavy atom. The van der Waals surface area contributed by atoms with Gasteiger partial charge in [0.25, 0.3) is 5.79 Å². The van der Waals surface area contributed by atoms with E-state index in [1.54, 1.807) is 0 Å². The monoisotopic (exact) mass is 1200 g/mol. The molecule has 79 heavy (non-hydrogen) atoms. The number of aliphatic carboxylic acids is 1. The predicted molar refractivity (Wildman–Crippen MR) is 239 cm³/mol. The number of ether oxygens (including phenoxy) is 9. The molecule has 0 saturated carbocycles. The van der Waals surface area contributed by atoms with Gasteiger partial charge < -0.3 is 130 Å². The van der Waals surface area contributed by atoms with Crippen LogP contribution in [0, 0.1) is 0 Å². The number of carboxylic acids is 1. The van der Waals surface area contributed by atoms with Crippen LogP contribution in [0.5, 0.6) is 0 Å². The maximum Gasteiger partial charge on any atom is 0.397 e. The van der Waals surface area contributed by atoms with Crippen molar-refractivity contribution in [3.63, 3.8) is 0 Å². The third-order valence-corrected chi connectivity index (χ3v) is 13.7. The average molecular weight is 1200 g/mol. The van der Waals surface area contributed by atoms with Crippen molar-refractivity contribution < 1.29 is 168 Å². The van der Waals surface area contributed by atoms with E-state index in [4.69, 9.17) is 47.2 Å². The molecule has 19 N–H and O–H groups in total. The van der Waals surface area contributed by atoms with Gasteiger partial charge >= 0.3 is 26.8 Å². The molecule has 38 nitrogen and oxygen atoms in total. The lowest BCUT2D eigenvalue weighted by molar-refractivity contribution is -0.381. The summed E-state index contributed by atoms with van der Waals surface area (Å²) >= 11 is 0. The molecule has 5 fully saturated rings. The van der Waals surface area contributed by atoms with Crippen molar-refractivity contribution in [2.45, 2.75) is 186 Å². The highest BCUT2D eigenvalue weighted by Gasteiger charge is 2.61. The molecule has 0 aromatic heterocycles. The van der Waals surface area contributed by atoms with Crippen LogP contribution in [0.4, 0.5) is 0 Å². The van der Waals surface area contributed by atoms with E-state index in [1.165, 1.54) is 0 Å². The fraction of sp³-hybridized carbons (Fsp3) is 0.897. The van der Waals surface area contributed by atoms with E-state index in [1.807, 2.05) is 0 Å². The second-order valence-electron chi connectivity index (χ2n) is 18.7. The summed E-state index contributed by atoms with van der Waals surface area (Å²) in [7, 11) is -10.6. The van der Waals surface area contributed by atoms with Crippen LogP contribution < -0.4 is 16.0 Å². The van der Waals surface area contributed by atoms with Crippen LogP contribution in [0.1, 0.15) is 27.2 Å². The fourth-order valence-electron chi connectivity index (χ4n) is 9.12. The molecule has 0 aromatic rings. The number of nitrogens with one attached hydrogen (secondary N) is 3. The molecule has 0 aromatic carbocycles. The van der Waals surface area contributed by atoms with Gasteiger partial charge in [-0.2, -0.15) is 16.8 Å². The Morgan fingerprint density at radius 2 is 1.08 bits per heavy atom. The van der Waals surface area contributed by atoms with Crippen LogP contribution in [-0.2, 0) is 91.0 Å². The minimum Gasteiger partial charge on any atom is -0.477 e. The molecule has 3 amide bonds. The Bertz CT molecular complexity index is 2290. The number of amides is 3. The van der Waals surface area contributed by atoms with E-state index >= 15 is 0 Å². The lowest BCUT2D eigenvalue weighted by Crippen LogP contribution is -2.71. The van der Waals surface area contributed by atoms with Crippen LogP contribution in [0.2, 0.25) is 0 Å². The summed E-state index contributed by atoms with van der Waals surface area (Å²) in [5.41, 5.74) is 0. The minimum absolute atomic E-state index is 0.849. The average Bonchev–Trinajstić information content (AvgIpc) is 3.35. The summed E-state index contributed by atoms with van der Waals surface area (Å²) in [5.74, 6) is -8.08. The van der Waals surface area contributed by atoms with Gasteiger partial charge in [-0.1, -0.05) is 0 Å². The number of aliphatic hydroxyl groups is 13. The van der Waals surface area contributed by atoms with Gasteiger partial charge in [0, 0.05) is 27.2 Å². The lowest BCUT2D eigenvalue weighted by atomic mass is 9.88. The Balaban J connectivity index is 1.42. The third-order valence-electron chi connectivity index (χ3n) is 12.9. The predicted octanol–water partition coefficient (Wildman–Crippen LogP) is -12.6. The Labute approximate surface area is 446 Å². The van der Waals surface area contributed by atoms with Crippen molar-refractivity contribution >= 4 is 44.5 Å². The molecule has 5 aliphatic heterocycles. The van der Waals surface area contributed by atoms with E-state index in [0.29, 0.717) is 0 Å². The zero-order valence-corrected chi connectivity index (χ0v) is 43.0. The topological polar surface area (TPSA) is 598 Å². The number of hydrogen-bond donors (Lipinski definition) is 19. The SMILES string of the molecule is CC(=O)N[C@H]1[C@H](OC[C@H]2OC(O)[C@H](NC(C)=O)[C@@H](O[C@@H]3O[C@H](CO)[C@H](O)[C@H](O[C@]4(C(=O)O)C[C@H](O)[C@@H](NC(C)=O)[C@H]([C@H](O)[C@H](O)CO)O4)[C@H]3O)[C@H]2O)O[C@H](COS(=O)(=O)O)[C@@H](O[C@@H]2O[C@H](COS(=O)(=O)O)[C@H](O)[C@H](O)[C@H]2O)[C@@H]1O. The molecule has 40 heteroatoms. The second kappa shape index (κ2) is 27.4. The number of carbonyl (C=O) groups is 4. The molecule has 458 valence electrons. The van der Waals surface area contributed by atoms with Crippen molar-refractivity contribution in [1.29, 1.82) is 0 Å². The zero-order chi connectivity index (χ0) is 59.4. The summed E-state index contributed by atoms with van der Waals surface area (Å²) in [4.78, 5) is 50.0. The summed E-state index contributed by atoms with van der Waals surface area (Å²) in [6.07, 6.45) is -48.8. The van der Waals surface area contributed by atoms with Gasteiger partial charge in [0.05, 0.1) is 45.2 Å².